The van der Waals surface area contributed by atoms with Crippen molar-refractivity contribution in [3.8, 4) is 0 Å². The minimum atomic E-state index is -0.965. The summed E-state index contributed by atoms with van der Waals surface area (Å²) in [5, 5.41) is 9.25. The number of anilines is 1. The second-order valence-corrected chi connectivity index (χ2v) is 4.63. The third-order valence-corrected chi connectivity index (χ3v) is 3.23. The first kappa shape index (κ1) is 10.7. The van der Waals surface area contributed by atoms with Gasteiger partial charge in [-0.3, -0.25) is 0 Å². The number of hydrogen-bond acceptors (Lipinski definition) is 3. The Bertz CT molecular complexity index is 505. The van der Waals surface area contributed by atoms with Gasteiger partial charge >= 0.3 is 5.97 Å². The average Bonchev–Trinajstić information content (AvgIpc) is 2.61. The van der Waals surface area contributed by atoms with Crippen LogP contribution >= 0.6 is 11.3 Å². The third kappa shape index (κ3) is 2.23. The molecule has 16 heavy (non-hydrogen) atoms. The Kier molecular flexibility index (Phi) is 2.92. The quantitative estimate of drug-likeness (QED) is 0.856. The van der Waals surface area contributed by atoms with Gasteiger partial charge in [-0.1, -0.05) is 30.3 Å². The second-order valence-electron chi connectivity index (χ2n) is 3.46. The van der Waals surface area contributed by atoms with Gasteiger partial charge in [0.15, 0.2) is 0 Å². The fraction of sp³-hybridized carbons (Fsp3) is 0.0833. The van der Waals surface area contributed by atoms with Crippen LogP contribution < -0.4 is 5.73 Å². The minimum absolute atomic E-state index is 0.205. The zero-order valence-electron chi connectivity index (χ0n) is 8.51. The molecule has 0 atom stereocenters. The largest absolute Gasteiger partial charge is 0.478 e. The van der Waals surface area contributed by atoms with Gasteiger partial charge in [0.1, 0.15) is 5.00 Å². The number of carboxylic acid groups (broad SMARTS) is 1. The van der Waals surface area contributed by atoms with Crippen molar-refractivity contribution in [2.75, 3.05) is 5.73 Å². The molecule has 4 heteroatoms. The van der Waals surface area contributed by atoms with Crippen molar-refractivity contribution in [2.24, 2.45) is 0 Å². The smallest absolute Gasteiger partial charge is 0.338 e. The highest BCUT2D eigenvalue weighted by Gasteiger charge is 2.12. The van der Waals surface area contributed by atoms with Gasteiger partial charge in [0.05, 0.1) is 5.56 Å². The van der Waals surface area contributed by atoms with Gasteiger partial charge in [0.2, 0.25) is 0 Å². The van der Waals surface area contributed by atoms with E-state index in [1.807, 2.05) is 30.3 Å². The fourth-order valence-electron chi connectivity index (χ4n) is 1.51. The minimum Gasteiger partial charge on any atom is -0.478 e. The van der Waals surface area contributed by atoms with Crippen molar-refractivity contribution in [1.29, 1.82) is 0 Å². The highest BCUT2D eigenvalue weighted by atomic mass is 32.1. The maximum atomic E-state index is 10.8. The van der Waals surface area contributed by atoms with Crippen LogP contribution in [0, 0.1) is 0 Å². The summed E-state index contributed by atoms with van der Waals surface area (Å²) in [6.45, 7) is 0. The summed E-state index contributed by atoms with van der Waals surface area (Å²) in [5.41, 5.74) is 6.99. The molecule has 0 saturated heterocycles. The van der Waals surface area contributed by atoms with Gasteiger partial charge in [-0.25, -0.2) is 4.79 Å². The molecular formula is C12H11NO2S. The van der Waals surface area contributed by atoms with E-state index in [0.717, 1.165) is 16.9 Å². The molecule has 0 amide bonds. The molecule has 1 heterocycles. The van der Waals surface area contributed by atoms with Gasteiger partial charge in [0.25, 0.3) is 0 Å². The summed E-state index contributed by atoms with van der Waals surface area (Å²) in [4.78, 5) is 11.8. The van der Waals surface area contributed by atoms with E-state index in [0.29, 0.717) is 5.00 Å². The number of nitrogens with two attached hydrogens (primary N) is 1. The first-order valence-electron chi connectivity index (χ1n) is 4.82. The molecule has 1 aromatic carbocycles. The van der Waals surface area contributed by atoms with E-state index in [-0.39, 0.29) is 5.56 Å². The number of benzene rings is 1. The molecule has 0 fully saturated rings. The van der Waals surface area contributed by atoms with Crippen LogP contribution in [0.1, 0.15) is 20.8 Å². The number of carbonyl (C=O) groups is 1. The first-order valence-corrected chi connectivity index (χ1v) is 5.64. The van der Waals surface area contributed by atoms with E-state index < -0.39 is 5.97 Å². The summed E-state index contributed by atoms with van der Waals surface area (Å²) in [5.74, 6) is -0.965. The lowest BCUT2D eigenvalue weighted by Gasteiger charge is -1.96. The fourth-order valence-corrected chi connectivity index (χ4v) is 2.46. The third-order valence-electron chi connectivity index (χ3n) is 2.26. The number of rotatable bonds is 3. The normalized spacial score (nSPS) is 10.2. The molecular weight excluding hydrogens is 222 g/mol. The monoisotopic (exact) mass is 233 g/mol. The molecule has 1 aromatic heterocycles. The standard InChI is InChI=1S/C12H11NO2S/c13-11-10(12(14)15)7-9(16-11)6-8-4-2-1-3-5-8/h1-5,7H,6,13H2,(H,14,15). The molecule has 0 bridgehead atoms. The van der Waals surface area contributed by atoms with Gasteiger partial charge in [-0.05, 0) is 11.6 Å². The molecule has 0 spiro atoms. The molecule has 0 aliphatic carbocycles. The molecule has 0 saturated carbocycles. The lowest BCUT2D eigenvalue weighted by molar-refractivity contribution is 0.0698. The van der Waals surface area contributed by atoms with Crippen LogP contribution in [0.3, 0.4) is 0 Å². The summed E-state index contributed by atoms with van der Waals surface area (Å²) < 4.78 is 0. The summed E-state index contributed by atoms with van der Waals surface area (Å²) in [7, 11) is 0. The maximum absolute atomic E-state index is 10.8. The van der Waals surface area contributed by atoms with Crippen LogP contribution in [-0.2, 0) is 6.42 Å². The van der Waals surface area contributed by atoms with E-state index in [9.17, 15) is 4.79 Å². The molecule has 2 aromatic rings. The first-order chi connectivity index (χ1) is 7.66. The molecule has 82 valence electrons. The predicted molar refractivity (Wildman–Crippen MR) is 64.9 cm³/mol. The Morgan fingerprint density at radius 3 is 2.56 bits per heavy atom. The van der Waals surface area contributed by atoms with Crippen LogP contribution in [0.25, 0.3) is 0 Å². The maximum Gasteiger partial charge on any atom is 0.338 e. The van der Waals surface area contributed by atoms with Gasteiger partial charge in [-0.2, -0.15) is 0 Å². The van der Waals surface area contributed by atoms with E-state index in [1.165, 1.54) is 11.3 Å². The number of hydrogen-bond donors (Lipinski definition) is 2. The molecule has 0 aliphatic heterocycles. The van der Waals surface area contributed by atoms with Gasteiger partial charge in [0, 0.05) is 11.3 Å². The van der Waals surface area contributed by atoms with Crippen LogP contribution in [-0.4, -0.2) is 11.1 Å². The highest BCUT2D eigenvalue weighted by Crippen LogP contribution is 2.26. The Hall–Kier alpha value is -1.81. The van der Waals surface area contributed by atoms with Crippen LogP contribution in [0.4, 0.5) is 5.00 Å². The van der Waals surface area contributed by atoms with Gasteiger partial charge < -0.3 is 10.8 Å². The van der Waals surface area contributed by atoms with E-state index >= 15 is 0 Å². The number of carboxylic acids is 1. The van der Waals surface area contributed by atoms with E-state index in [1.54, 1.807) is 6.07 Å². The van der Waals surface area contributed by atoms with Crippen LogP contribution in [0.2, 0.25) is 0 Å². The van der Waals surface area contributed by atoms with E-state index in [2.05, 4.69) is 0 Å². The molecule has 3 N–H and O–H groups in total. The number of thiophene rings is 1. The van der Waals surface area contributed by atoms with Crippen molar-refractivity contribution in [2.45, 2.75) is 6.42 Å². The second kappa shape index (κ2) is 4.37. The van der Waals surface area contributed by atoms with Crippen molar-refractivity contribution < 1.29 is 9.90 Å². The van der Waals surface area contributed by atoms with Crippen LogP contribution in [0.5, 0.6) is 0 Å². The van der Waals surface area contributed by atoms with Crippen LogP contribution in [0.15, 0.2) is 36.4 Å². The Morgan fingerprint density at radius 2 is 2.00 bits per heavy atom. The summed E-state index contributed by atoms with van der Waals surface area (Å²) >= 11 is 1.33. The Labute approximate surface area is 97.2 Å². The molecule has 0 aliphatic rings. The average molecular weight is 233 g/mol. The van der Waals surface area contributed by atoms with Crippen molar-refractivity contribution in [1.82, 2.24) is 0 Å². The SMILES string of the molecule is Nc1sc(Cc2ccccc2)cc1C(=O)O. The number of aromatic carboxylic acids is 1. The molecule has 3 nitrogen and oxygen atoms in total. The van der Waals surface area contributed by atoms with Crippen molar-refractivity contribution in [3.05, 3.63) is 52.4 Å². The predicted octanol–water partition coefficient (Wildman–Crippen LogP) is 2.62. The van der Waals surface area contributed by atoms with Crippen molar-refractivity contribution in [3.63, 3.8) is 0 Å². The van der Waals surface area contributed by atoms with Gasteiger partial charge in [-0.15, -0.1) is 11.3 Å². The Balaban J connectivity index is 2.23. The highest BCUT2D eigenvalue weighted by molar-refractivity contribution is 7.16. The lowest BCUT2D eigenvalue weighted by atomic mass is 10.1. The van der Waals surface area contributed by atoms with E-state index in [4.69, 9.17) is 10.8 Å². The topological polar surface area (TPSA) is 63.3 Å². The zero-order valence-corrected chi connectivity index (χ0v) is 9.33. The zero-order chi connectivity index (χ0) is 11.5. The molecule has 0 radical (unpaired) electrons. The lowest BCUT2D eigenvalue weighted by Crippen LogP contribution is -1.97. The van der Waals surface area contributed by atoms with Crippen molar-refractivity contribution >= 4 is 22.3 Å². The molecule has 0 unspecified atom stereocenters. The Morgan fingerprint density at radius 1 is 1.31 bits per heavy atom. The summed E-state index contributed by atoms with van der Waals surface area (Å²) in [6.07, 6.45) is 0.725. The molecule has 2 rings (SSSR count). The summed E-state index contributed by atoms with van der Waals surface area (Å²) in [6, 6.07) is 11.5. The number of nitrogen functional groups attached to an aromatic ring is 1.